The number of nitrogens with one attached hydrogen (secondary N) is 2. The van der Waals surface area contributed by atoms with Gasteiger partial charge in [0, 0.05) is 13.1 Å². The average molecular weight is 332 g/mol. The Balaban J connectivity index is 1.80. The van der Waals surface area contributed by atoms with Gasteiger partial charge in [0.15, 0.2) is 0 Å². The number of carbonyl (C=O) groups is 2. The summed E-state index contributed by atoms with van der Waals surface area (Å²) in [6.45, 7) is 5.36. The molecule has 0 aromatic heterocycles. The lowest BCUT2D eigenvalue weighted by atomic mass is 10.0. The van der Waals surface area contributed by atoms with E-state index in [2.05, 4.69) is 24.5 Å². The fraction of sp³-hybridized carbons (Fsp3) is 0.579. The highest BCUT2D eigenvalue weighted by Gasteiger charge is 2.56. The predicted octanol–water partition coefficient (Wildman–Crippen LogP) is 2.30. The van der Waals surface area contributed by atoms with Gasteiger partial charge in [0.05, 0.1) is 7.11 Å². The molecule has 1 aromatic carbocycles. The van der Waals surface area contributed by atoms with Crippen molar-refractivity contribution in [2.75, 3.05) is 20.2 Å². The number of para-hydroxylation sites is 1. The Bertz CT molecular complexity index is 580. The van der Waals surface area contributed by atoms with Gasteiger partial charge in [-0.1, -0.05) is 32.0 Å². The maximum absolute atomic E-state index is 12.4. The van der Waals surface area contributed by atoms with E-state index in [-0.39, 0.29) is 11.8 Å². The lowest BCUT2D eigenvalue weighted by Crippen LogP contribution is -2.44. The van der Waals surface area contributed by atoms with Gasteiger partial charge in [-0.05, 0) is 43.2 Å². The molecule has 2 amide bonds. The largest absolute Gasteiger partial charge is 0.496 e. The Morgan fingerprint density at radius 1 is 1.12 bits per heavy atom. The van der Waals surface area contributed by atoms with Gasteiger partial charge in [0.1, 0.15) is 11.2 Å². The van der Waals surface area contributed by atoms with Crippen molar-refractivity contribution >= 4 is 11.8 Å². The molecule has 0 aliphatic heterocycles. The highest BCUT2D eigenvalue weighted by atomic mass is 16.5. The maximum atomic E-state index is 12.4. The number of amides is 2. The third-order valence-electron chi connectivity index (χ3n) is 4.50. The van der Waals surface area contributed by atoms with E-state index in [9.17, 15) is 9.59 Å². The minimum absolute atomic E-state index is 0.127. The zero-order valence-electron chi connectivity index (χ0n) is 14.9. The molecule has 5 heteroatoms. The first kappa shape index (κ1) is 18.3. The molecule has 1 aliphatic rings. The molecule has 0 unspecified atom stereocenters. The predicted molar refractivity (Wildman–Crippen MR) is 93.8 cm³/mol. The summed E-state index contributed by atoms with van der Waals surface area (Å²) in [7, 11) is 1.64. The molecule has 1 fully saturated rings. The Labute approximate surface area is 144 Å². The van der Waals surface area contributed by atoms with E-state index in [0.717, 1.165) is 17.7 Å². The normalized spacial score (nSPS) is 15.0. The summed E-state index contributed by atoms with van der Waals surface area (Å²) in [5.41, 5.74) is 0.212. The van der Waals surface area contributed by atoms with Crippen LogP contribution in [-0.4, -0.2) is 32.0 Å². The molecular weight excluding hydrogens is 304 g/mol. The molecule has 2 rings (SSSR count). The third kappa shape index (κ3) is 4.49. The lowest BCUT2D eigenvalue weighted by Gasteiger charge is -2.16. The lowest BCUT2D eigenvalue weighted by molar-refractivity contribution is -0.137. The fourth-order valence-electron chi connectivity index (χ4n) is 2.72. The van der Waals surface area contributed by atoms with Crippen molar-refractivity contribution in [1.29, 1.82) is 0 Å². The van der Waals surface area contributed by atoms with Crippen molar-refractivity contribution in [2.24, 2.45) is 11.3 Å². The van der Waals surface area contributed by atoms with Gasteiger partial charge < -0.3 is 15.4 Å². The van der Waals surface area contributed by atoms with Gasteiger partial charge in [0.25, 0.3) is 0 Å². The van der Waals surface area contributed by atoms with E-state index < -0.39 is 5.41 Å². The van der Waals surface area contributed by atoms with E-state index in [1.54, 1.807) is 7.11 Å². The van der Waals surface area contributed by atoms with E-state index in [1.807, 2.05) is 24.3 Å². The molecule has 24 heavy (non-hydrogen) atoms. The number of rotatable bonds is 9. The number of carbonyl (C=O) groups excluding carboxylic acids is 2. The molecule has 0 atom stereocenters. The molecule has 1 saturated carbocycles. The summed E-state index contributed by atoms with van der Waals surface area (Å²) in [6, 6.07) is 7.75. The van der Waals surface area contributed by atoms with Crippen LogP contribution in [0.5, 0.6) is 5.75 Å². The maximum Gasteiger partial charge on any atom is 0.235 e. The highest BCUT2D eigenvalue weighted by molar-refractivity contribution is 6.07. The van der Waals surface area contributed by atoms with Crippen molar-refractivity contribution in [3.8, 4) is 5.75 Å². The Kier molecular flexibility index (Phi) is 6.23. The van der Waals surface area contributed by atoms with E-state index in [1.165, 1.54) is 0 Å². The van der Waals surface area contributed by atoms with Crippen LogP contribution in [0.1, 0.15) is 38.7 Å². The molecule has 1 aliphatic carbocycles. The molecule has 132 valence electrons. The minimum Gasteiger partial charge on any atom is -0.496 e. The second-order valence-corrected chi connectivity index (χ2v) is 6.84. The zero-order chi connectivity index (χ0) is 17.6. The number of hydrogen-bond donors (Lipinski definition) is 2. The molecule has 0 spiro atoms. The van der Waals surface area contributed by atoms with Gasteiger partial charge in [-0.3, -0.25) is 9.59 Å². The first-order valence-corrected chi connectivity index (χ1v) is 8.68. The molecule has 1 aromatic rings. The fourth-order valence-corrected chi connectivity index (χ4v) is 2.72. The summed E-state index contributed by atoms with van der Waals surface area (Å²) in [5.74, 6) is 1.08. The molecule has 0 heterocycles. The number of ether oxygens (including phenoxy) is 1. The van der Waals surface area contributed by atoms with Crippen LogP contribution < -0.4 is 15.4 Å². The Morgan fingerprint density at radius 2 is 1.75 bits per heavy atom. The standard InChI is InChI=1S/C19H28N2O3/c1-14(2)8-12-20-17(22)19(10-11-19)18(23)21-13-9-15-6-4-5-7-16(15)24-3/h4-7,14H,8-13H2,1-3H3,(H,20,22)(H,21,23). The zero-order valence-corrected chi connectivity index (χ0v) is 14.9. The highest BCUT2D eigenvalue weighted by Crippen LogP contribution is 2.46. The smallest absolute Gasteiger partial charge is 0.235 e. The van der Waals surface area contributed by atoms with Crippen LogP contribution in [0.4, 0.5) is 0 Å². The number of methoxy groups -OCH3 is 1. The first-order chi connectivity index (χ1) is 11.5. The van der Waals surface area contributed by atoms with Crippen LogP contribution in [0.25, 0.3) is 0 Å². The van der Waals surface area contributed by atoms with Gasteiger partial charge in [-0.25, -0.2) is 0 Å². The van der Waals surface area contributed by atoms with Crippen LogP contribution in [-0.2, 0) is 16.0 Å². The van der Waals surface area contributed by atoms with Crippen molar-refractivity contribution in [2.45, 2.75) is 39.5 Å². The molecule has 2 N–H and O–H groups in total. The first-order valence-electron chi connectivity index (χ1n) is 8.68. The van der Waals surface area contributed by atoms with Crippen LogP contribution in [0, 0.1) is 11.3 Å². The van der Waals surface area contributed by atoms with E-state index in [4.69, 9.17) is 4.74 Å². The van der Waals surface area contributed by atoms with Crippen molar-refractivity contribution in [1.82, 2.24) is 10.6 Å². The van der Waals surface area contributed by atoms with Crippen molar-refractivity contribution in [3.05, 3.63) is 29.8 Å². The van der Waals surface area contributed by atoms with Gasteiger partial charge >= 0.3 is 0 Å². The van der Waals surface area contributed by atoms with E-state index >= 15 is 0 Å². The quantitative estimate of drug-likeness (QED) is 0.682. The van der Waals surface area contributed by atoms with Crippen molar-refractivity contribution < 1.29 is 14.3 Å². The molecule has 5 nitrogen and oxygen atoms in total. The number of hydrogen-bond acceptors (Lipinski definition) is 3. The third-order valence-corrected chi connectivity index (χ3v) is 4.50. The van der Waals surface area contributed by atoms with Gasteiger partial charge in [0.2, 0.25) is 11.8 Å². The Hall–Kier alpha value is -2.04. The minimum atomic E-state index is -0.836. The summed E-state index contributed by atoms with van der Waals surface area (Å²) in [5, 5.41) is 5.81. The second kappa shape index (κ2) is 8.18. The van der Waals surface area contributed by atoms with Gasteiger partial charge in [-0.2, -0.15) is 0 Å². The SMILES string of the molecule is COc1ccccc1CCNC(=O)C1(C(=O)NCCC(C)C)CC1. The van der Waals surface area contributed by atoms with Crippen LogP contribution >= 0.6 is 0 Å². The van der Waals surface area contributed by atoms with Gasteiger partial charge in [-0.15, -0.1) is 0 Å². The second-order valence-electron chi connectivity index (χ2n) is 6.84. The molecule has 0 bridgehead atoms. The summed E-state index contributed by atoms with van der Waals surface area (Å²) < 4.78 is 5.31. The van der Waals surface area contributed by atoms with E-state index in [0.29, 0.717) is 38.3 Å². The molecule has 0 saturated heterocycles. The molecule has 0 radical (unpaired) electrons. The van der Waals surface area contributed by atoms with Crippen LogP contribution in [0.2, 0.25) is 0 Å². The summed E-state index contributed by atoms with van der Waals surface area (Å²) in [6.07, 6.45) is 2.89. The summed E-state index contributed by atoms with van der Waals surface area (Å²) in [4.78, 5) is 24.7. The average Bonchev–Trinajstić information content (AvgIpc) is 3.36. The topological polar surface area (TPSA) is 67.4 Å². The molecular formula is C19H28N2O3. The monoisotopic (exact) mass is 332 g/mol. The number of benzene rings is 1. The van der Waals surface area contributed by atoms with Crippen molar-refractivity contribution in [3.63, 3.8) is 0 Å². The van der Waals surface area contributed by atoms with Crippen LogP contribution in [0.15, 0.2) is 24.3 Å². The van der Waals surface area contributed by atoms with Crippen LogP contribution in [0.3, 0.4) is 0 Å². The Morgan fingerprint density at radius 3 is 2.33 bits per heavy atom. The summed E-state index contributed by atoms with van der Waals surface area (Å²) >= 11 is 0.